The van der Waals surface area contributed by atoms with Crippen molar-refractivity contribution in [3.8, 4) is 0 Å². The summed E-state index contributed by atoms with van der Waals surface area (Å²) in [7, 11) is 2.03. The van der Waals surface area contributed by atoms with Gasteiger partial charge >= 0.3 is 0 Å². The van der Waals surface area contributed by atoms with Crippen LogP contribution in [0.3, 0.4) is 0 Å². The summed E-state index contributed by atoms with van der Waals surface area (Å²) in [6, 6.07) is 9.11. The van der Waals surface area contributed by atoms with Gasteiger partial charge in [-0.1, -0.05) is 51.5 Å². The van der Waals surface area contributed by atoms with E-state index in [0.717, 1.165) is 12.5 Å². The zero-order valence-corrected chi connectivity index (χ0v) is 11.1. The van der Waals surface area contributed by atoms with E-state index in [1.807, 2.05) is 7.05 Å². The Bertz CT molecular complexity index is 287. The van der Waals surface area contributed by atoms with Gasteiger partial charge in [-0.2, -0.15) is 0 Å². The molecule has 0 amide bonds. The molecule has 90 valence electrons. The molecule has 1 atom stereocenters. The van der Waals surface area contributed by atoms with Crippen LogP contribution in [0.15, 0.2) is 24.3 Å². The van der Waals surface area contributed by atoms with Gasteiger partial charge in [0.25, 0.3) is 0 Å². The quantitative estimate of drug-likeness (QED) is 0.771. The molecule has 0 fully saturated rings. The lowest BCUT2D eigenvalue weighted by Gasteiger charge is -2.14. The molecule has 0 aliphatic carbocycles. The first-order chi connectivity index (χ1) is 7.67. The molecule has 16 heavy (non-hydrogen) atoms. The van der Waals surface area contributed by atoms with Crippen LogP contribution < -0.4 is 5.32 Å². The fourth-order valence-electron chi connectivity index (χ4n) is 2.02. The minimum Gasteiger partial charge on any atom is -0.319 e. The van der Waals surface area contributed by atoms with Crippen molar-refractivity contribution < 1.29 is 0 Å². The van der Waals surface area contributed by atoms with Crippen molar-refractivity contribution in [3.63, 3.8) is 0 Å². The SMILES string of the molecule is CCC(CNC)Cc1ccc(C(C)C)cc1. The van der Waals surface area contributed by atoms with E-state index in [2.05, 4.69) is 50.4 Å². The van der Waals surface area contributed by atoms with E-state index < -0.39 is 0 Å². The third kappa shape index (κ3) is 3.97. The maximum Gasteiger partial charge on any atom is -0.00204 e. The van der Waals surface area contributed by atoms with Gasteiger partial charge in [0.1, 0.15) is 0 Å². The molecule has 1 nitrogen and oxygen atoms in total. The van der Waals surface area contributed by atoms with Crippen LogP contribution in [0, 0.1) is 5.92 Å². The van der Waals surface area contributed by atoms with Crippen LogP contribution in [0.2, 0.25) is 0 Å². The first-order valence-electron chi connectivity index (χ1n) is 6.40. The molecule has 0 aromatic heterocycles. The second-order valence-corrected chi connectivity index (χ2v) is 4.93. The van der Waals surface area contributed by atoms with Crippen LogP contribution in [0.4, 0.5) is 0 Å². The number of nitrogens with one attached hydrogen (secondary N) is 1. The minimum atomic E-state index is 0.633. The summed E-state index contributed by atoms with van der Waals surface area (Å²) >= 11 is 0. The van der Waals surface area contributed by atoms with E-state index in [4.69, 9.17) is 0 Å². The van der Waals surface area contributed by atoms with Crippen molar-refractivity contribution in [1.82, 2.24) is 5.32 Å². The Morgan fingerprint density at radius 3 is 2.19 bits per heavy atom. The molecule has 1 heteroatoms. The van der Waals surface area contributed by atoms with Crippen LogP contribution >= 0.6 is 0 Å². The van der Waals surface area contributed by atoms with Gasteiger partial charge < -0.3 is 5.32 Å². The topological polar surface area (TPSA) is 12.0 Å². The number of benzene rings is 1. The fraction of sp³-hybridized carbons (Fsp3) is 0.600. The molecule has 0 saturated heterocycles. The van der Waals surface area contributed by atoms with Gasteiger partial charge in [0.2, 0.25) is 0 Å². The van der Waals surface area contributed by atoms with E-state index in [0.29, 0.717) is 5.92 Å². The highest BCUT2D eigenvalue weighted by Crippen LogP contribution is 2.17. The lowest BCUT2D eigenvalue weighted by Crippen LogP contribution is -2.20. The molecule has 1 aromatic rings. The van der Waals surface area contributed by atoms with Crippen molar-refractivity contribution in [2.45, 2.75) is 39.5 Å². The van der Waals surface area contributed by atoms with Gasteiger partial charge in [-0.05, 0) is 43.0 Å². The Morgan fingerprint density at radius 2 is 1.75 bits per heavy atom. The molecule has 0 spiro atoms. The van der Waals surface area contributed by atoms with Crippen LogP contribution in [0.25, 0.3) is 0 Å². The van der Waals surface area contributed by atoms with Crippen LogP contribution in [-0.2, 0) is 6.42 Å². The molecule has 0 saturated carbocycles. The summed E-state index contributed by atoms with van der Waals surface area (Å²) in [6.07, 6.45) is 2.43. The first-order valence-corrected chi connectivity index (χ1v) is 6.40. The average Bonchev–Trinajstić information content (AvgIpc) is 2.29. The Labute approximate surface area is 100 Å². The maximum absolute atomic E-state index is 3.27. The third-order valence-electron chi connectivity index (χ3n) is 3.24. The maximum atomic E-state index is 3.27. The fourth-order valence-corrected chi connectivity index (χ4v) is 2.02. The standard InChI is InChI=1S/C15H25N/c1-5-13(11-16-4)10-14-6-8-15(9-7-14)12(2)3/h6-9,12-13,16H,5,10-11H2,1-4H3. The number of rotatable bonds is 6. The van der Waals surface area contributed by atoms with Gasteiger partial charge in [-0.3, -0.25) is 0 Å². The van der Waals surface area contributed by atoms with Gasteiger partial charge in [0.15, 0.2) is 0 Å². The molecule has 0 heterocycles. The van der Waals surface area contributed by atoms with Crippen molar-refractivity contribution in [2.75, 3.05) is 13.6 Å². The Balaban J connectivity index is 2.60. The monoisotopic (exact) mass is 219 g/mol. The zero-order valence-electron chi connectivity index (χ0n) is 11.1. The normalized spacial score (nSPS) is 13.1. The van der Waals surface area contributed by atoms with Crippen molar-refractivity contribution in [1.29, 1.82) is 0 Å². The van der Waals surface area contributed by atoms with Crippen LogP contribution in [0.5, 0.6) is 0 Å². The molecular weight excluding hydrogens is 194 g/mol. The second-order valence-electron chi connectivity index (χ2n) is 4.93. The van der Waals surface area contributed by atoms with E-state index in [-0.39, 0.29) is 0 Å². The average molecular weight is 219 g/mol. The lowest BCUT2D eigenvalue weighted by molar-refractivity contribution is 0.481. The number of hydrogen-bond donors (Lipinski definition) is 1. The predicted molar refractivity (Wildman–Crippen MR) is 71.9 cm³/mol. The summed E-state index contributed by atoms with van der Waals surface area (Å²) in [5.41, 5.74) is 2.90. The highest BCUT2D eigenvalue weighted by molar-refractivity contribution is 5.25. The van der Waals surface area contributed by atoms with Gasteiger partial charge in [-0.15, -0.1) is 0 Å². The van der Waals surface area contributed by atoms with E-state index in [1.54, 1.807) is 0 Å². The van der Waals surface area contributed by atoms with Crippen molar-refractivity contribution >= 4 is 0 Å². The molecule has 0 aliphatic heterocycles. The molecule has 1 rings (SSSR count). The smallest absolute Gasteiger partial charge is 0.00204 e. The van der Waals surface area contributed by atoms with E-state index >= 15 is 0 Å². The van der Waals surface area contributed by atoms with E-state index in [9.17, 15) is 0 Å². The predicted octanol–water partition coefficient (Wildman–Crippen LogP) is 3.60. The first kappa shape index (κ1) is 13.2. The molecule has 1 unspecified atom stereocenters. The Kier molecular flexibility index (Phi) is 5.54. The largest absolute Gasteiger partial charge is 0.319 e. The Morgan fingerprint density at radius 1 is 1.12 bits per heavy atom. The van der Waals surface area contributed by atoms with Gasteiger partial charge in [0.05, 0.1) is 0 Å². The second kappa shape index (κ2) is 6.70. The number of hydrogen-bond acceptors (Lipinski definition) is 1. The summed E-state index contributed by atoms with van der Waals surface area (Å²) in [5, 5.41) is 3.27. The summed E-state index contributed by atoms with van der Waals surface area (Å²) in [5.74, 6) is 1.39. The summed E-state index contributed by atoms with van der Waals surface area (Å²) in [4.78, 5) is 0. The lowest BCUT2D eigenvalue weighted by atomic mass is 9.94. The highest BCUT2D eigenvalue weighted by Gasteiger charge is 2.06. The molecule has 0 radical (unpaired) electrons. The molecule has 0 aliphatic rings. The summed E-state index contributed by atoms with van der Waals surface area (Å²) < 4.78 is 0. The van der Waals surface area contributed by atoms with E-state index in [1.165, 1.54) is 24.0 Å². The van der Waals surface area contributed by atoms with Gasteiger partial charge in [-0.25, -0.2) is 0 Å². The van der Waals surface area contributed by atoms with Crippen LogP contribution in [-0.4, -0.2) is 13.6 Å². The van der Waals surface area contributed by atoms with Crippen molar-refractivity contribution in [2.24, 2.45) is 5.92 Å². The molecule has 1 N–H and O–H groups in total. The van der Waals surface area contributed by atoms with Crippen molar-refractivity contribution in [3.05, 3.63) is 35.4 Å². The Hall–Kier alpha value is -0.820. The molecule has 0 bridgehead atoms. The molecule has 1 aromatic carbocycles. The third-order valence-corrected chi connectivity index (χ3v) is 3.24. The van der Waals surface area contributed by atoms with Gasteiger partial charge in [0, 0.05) is 0 Å². The van der Waals surface area contributed by atoms with Crippen LogP contribution in [0.1, 0.15) is 44.2 Å². The minimum absolute atomic E-state index is 0.633. The molecular formula is C15H25N. The summed E-state index contributed by atoms with van der Waals surface area (Å²) in [6.45, 7) is 7.86. The highest BCUT2D eigenvalue weighted by atomic mass is 14.8. The zero-order chi connectivity index (χ0) is 12.0.